The van der Waals surface area contributed by atoms with E-state index in [9.17, 15) is 20.2 Å². The van der Waals surface area contributed by atoms with Gasteiger partial charge in [-0.1, -0.05) is 17.7 Å². The lowest BCUT2D eigenvalue weighted by atomic mass is 9.97. The first-order chi connectivity index (χ1) is 9.97. The Hall–Kier alpha value is -2.79. The number of hydrogen-bond donors (Lipinski definition) is 0. The van der Waals surface area contributed by atoms with Crippen LogP contribution in [0.1, 0.15) is 17.2 Å². The second-order valence-electron chi connectivity index (χ2n) is 4.05. The molecule has 0 bridgehead atoms. The Bertz CT molecular complexity index is 797. The Balaban J connectivity index is 2.78. The largest absolute Gasteiger partial charge is 0.395 e. The monoisotopic (exact) mass is 305 g/mol. The molecule has 0 radical (unpaired) electrons. The molecule has 0 amide bonds. The average molecular weight is 306 g/mol. The van der Waals surface area contributed by atoms with E-state index in [1.165, 1.54) is 19.3 Å². The lowest BCUT2D eigenvalue weighted by Gasteiger charge is -2.10. The van der Waals surface area contributed by atoms with Crippen LogP contribution in [-0.4, -0.2) is 19.7 Å². The van der Waals surface area contributed by atoms with E-state index < -0.39 is 27.2 Å². The Morgan fingerprint density at radius 2 is 2.24 bits per heavy atom. The minimum absolute atomic E-state index is 0.244. The van der Waals surface area contributed by atoms with Gasteiger partial charge < -0.3 is 10.1 Å². The Morgan fingerprint density at radius 1 is 1.52 bits per heavy atom. The van der Waals surface area contributed by atoms with Crippen molar-refractivity contribution in [3.05, 3.63) is 61.1 Å². The molecule has 0 aromatic carbocycles. The van der Waals surface area contributed by atoms with Gasteiger partial charge >= 0.3 is 11.4 Å². The molecule has 0 fully saturated rings. The Labute approximate surface area is 123 Å². The van der Waals surface area contributed by atoms with Gasteiger partial charge in [-0.05, 0) is 17.1 Å². The normalized spacial score (nSPS) is 11.7. The maximum Gasteiger partial charge on any atom is 0.395 e. The van der Waals surface area contributed by atoms with Crippen LogP contribution < -0.4 is 5.56 Å². The maximum atomic E-state index is 11.8. The quantitative estimate of drug-likeness (QED) is 0.625. The topological polar surface area (TPSA) is 115 Å². The van der Waals surface area contributed by atoms with Gasteiger partial charge in [0.05, 0.1) is 29.5 Å². The molecule has 0 saturated heterocycles. The molecule has 8 nitrogen and oxygen atoms in total. The second kappa shape index (κ2) is 5.68. The third-order valence-corrected chi connectivity index (χ3v) is 3.14. The predicted octanol–water partition coefficient (Wildman–Crippen LogP) is 1.39. The third-order valence-electron chi connectivity index (χ3n) is 2.78. The summed E-state index contributed by atoms with van der Waals surface area (Å²) in [6.07, 6.45) is 1.44. The molecule has 0 spiro atoms. The summed E-state index contributed by atoms with van der Waals surface area (Å²) in [5.74, 6) is -1.79. The van der Waals surface area contributed by atoms with Crippen molar-refractivity contribution in [3.63, 3.8) is 0 Å². The van der Waals surface area contributed by atoms with Gasteiger partial charge in [-0.15, -0.1) is 4.68 Å². The van der Waals surface area contributed by atoms with Crippen molar-refractivity contribution in [1.29, 1.82) is 5.26 Å². The number of pyridine rings is 1. The van der Waals surface area contributed by atoms with Crippen molar-refractivity contribution in [2.45, 2.75) is 5.92 Å². The number of aryl methyl sites for hydroxylation is 1. The maximum absolute atomic E-state index is 11.8. The number of halogens is 1. The fraction of sp³-hybridized carbons (Fsp3) is 0.167. The second-order valence-corrected chi connectivity index (χ2v) is 4.43. The highest BCUT2D eigenvalue weighted by atomic mass is 35.5. The van der Waals surface area contributed by atoms with E-state index in [1.807, 2.05) is 6.07 Å². The third kappa shape index (κ3) is 2.59. The first-order valence-electron chi connectivity index (χ1n) is 5.69. The molecule has 0 N–H and O–H groups in total. The highest BCUT2D eigenvalue weighted by Gasteiger charge is 2.32. The number of hydrogen-bond acceptors (Lipinski definition) is 6. The minimum Gasteiger partial charge on any atom is -0.358 e. The number of nitro groups is 1. The zero-order chi connectivity index (χ0) is 15.6. The first-order valence-corrected chi connectivity index (χ1v) is 6.06. The van der Waals surface area contributed by atoms with Crippen molar-refractivity contribution >= 4 is 17.4 Å². The van der Waals surface area contributed by atoms with E-state index in [1.54, 1.807) is 12.1 Å². The zero-order valence-electron chi connectivity index (χ0n) is 10.7. The van der Waals surface area contributed by atoms with Crippen molar-refractivity contribution in [2.75, 3.05) is 0 Å². The van der Waals surface area contributed by atoms with Gasteiger partial charge in [0, 0.05) is 6.20 Å². The van der Waals surface area contributed by atoms with E-state index in [0.717, 1.165) is 4.68 Å². The molecule has 0 aliphatic heterocycles. The number of rotatable bonds is 3. The summed E-state index contributed by atoms with van der Waals surface area (Å²) >= 11 is 5.91. The molecular weight excluding hydrogens is 298 g/mol. The van der Waals surface area contributed by atoms with Crippen LogP contribution in [0.25, 0.3) is 0 Å². The molecular formula is C12H8ClN5O3. The predicted molar refractivity (Wildman–Crippen MR) is 72.8 cm³/mol. The highest BCUT2D eigenvalue weighted by Crippen LogP contribution is 2.32. The number of aromatic nitrogens is 3. The molecule has 0 aliphatic carbocycles. The van der Waals surface area contributed by atoms with Crippen LogP contribution in [0.15, 0.2) is 29.2 Å². The molecule has 0 saturated carbocycles. The number of nitriles is 1. The van der Waals surface area contributed by atoms with Crippen LogP contribution in [-0.2, 0) is 7.05 Å². The Morgan fingerprint density at radius 3 is 2.76 bits per heavy atom. The van der Waals surface area contributed by atoms with Crippen molar-refractivity contribution in [2.24, 2.45) is 7.05 Å². The standard InChI is InChI=1S/C12H8ClN5O3/c1-17-12(19)10(13)9(11(16-17)18(20)21)7(6-14)8-4-2-3-5-15-8/h2-5,7H,1H3/t7-/m1/s1. The van der Waals surface area contributed by atoms with E-state index >= 15 is 0 Å². The van der Waals surface area contributed by atoms with Gasteiger partial charge in [0.25, 0.3) is 0 Å². The van der Waals surface area contributed by atoms with Gasteiger partial charge in [-0.25, -0.2) is 0 Å². The van der Waals surface area contributed by atoms with Gasteiger partial charge in [-0.3, -0.25) is 9.78 Å². The van der Waals surface area contributed by atoms with Crippen molar-refractivity contribution in [1.82, 2.24) is 14.8 Å². The zero-order valence-corrected chi connectivity index (χ0v) is 11.5. The van der Waals surface area contributed by atoms with Crippen LogP contribution in [0.5, 0.6) is 0 Å². The van der Waals surface area contributed by atoms with E-state index in [4.69, 9.17) is 11.6 Å². The molecule has 0 unspecified atom stereocenters. The van der Waals surface area contributed by atoms with Gasteiger partial charge in [0.2, 0.25) is 0 Å². The fourth-order valence-electron chi connectivity index (χ4n) is 1.81. The van der Waals surface area contributed by atoms with E-state index in [-0.39, 0.29) is 11.3 Å². The van der Waals surface area contributed by atoms with Crippen LogP contribution in [0.3, 0.4) is 0 Å². The van der Waals surface area contributed by atoms with Crippen LogP contribution >= 0.6 is 11.6 Å². The van der Waals surface area contributed by atoms with Crippen molar-refractivity contribution in [3.8, 4) is 6.07 Å². The summed E-state index contributed by atoms with van der Waals surface area (Å²) in [6, 6.07) is 6.66. The molecule has 0 aliphatic rings. The molecule has 2 aromatic heterocycles. The van der Waals surface area contributed by atoms with E-state index in [2.05, 4.69) is 10.1 Å². The fourth-order valence-corrected chi connectivity index (χ4v) is 2.13. The molecule has 21 heavy (non-hydrogen) atoms. The van der Waals surface area contributed by atoms with Crippen LogP contribution in [0.2, 0.25) is 5.02 Å². The molecule has 9 heteroatoms. The van der Waals surface area contributed by atoms with E-state index in [0.29, 0.717) is 0 Å². The summed E-state index contributed by atoms with van der Waals surface area (Å²) < 4.78 is 0.761. The van der Waals surface area contributed by atoms with Crippen LogP contribution in [0, 0.1) is 21.4 Å². The Kier molecular flexibility index (Phi) is 3.95. The van der Waals surface area contributed by atoms with Gasteiger partial charge in [0.15, 0.2) is 0 Å². The summed E-state index contributed by atoms with van der Waals surface area (Å²) in [5.41, 5.74) is -0.709. The molecule has 2 heterocycles. The minimum atomic E-state index is -1.15. The molecule has 2 aromatic rings. The molecule has 106 valence electrons. The lowest BCUT2D eigenvalue weighted by Crippen LogP contribution is -2.24. The lowest BCUT2D eigenvalue weighted by molar-refractivity contribution is -0.391. The SMILES string of the molecule is Cn1nc([N+](=O)[O-])c([C@H](C#N)c2ccccn2)c(Cl)c1=O. The average Bonchev–Trinajstić information content (AvgIpc) is 2.48. The van der Waals surface area contributed by atoms with Crippen LogP contribution in [0.4, 0.5) is 5.82 Å². The van der Waals surface area contributed by atoms with Crippen molar-refractivity contribution < 1.29 is 4.92 Å². The smallest absolute Gasteiger partial charge is 0.358 e. The number of nitrogens with zero attached hydrogens (tertiary/aromatic N) is 5. The summed E-state index contributed by atoms with van der Waals surface area (Å²) in [5, 5.41) is 23.6. The summed E-state index contributed by atoms with van der Waals surface area (Å²) in [6.45, 7) is 0. The first kappa shape index (κ1) is 14.6. The van der Waals surface area contributed by atoms with Gasteiger partial charge in [-0.2, -0.15) is 5.26 Å². The summed E-state index contributed by atoms with van der Waals surface area (Å²) in [4.78, 5) is 26.2. The molecule has 1 atom stereocenters. The van der Waals surface area contributed by atoms with Gasteiger partial charge in [0.1, 0.15) is 10.9 Å². The molecule has 2 rings (SSSR count). The summed E-state index contributed by atoms with van der Waals surface area (Å²) in [7, 11) is 1.24. The highest BCUT2D eigenvalue weighted by molar-refractivity contribution is 6.31.